The Morgan fingerprint density at radius 1 is 1.26 bits per heavy atom. The summed E-state index contributed by atoms with van der Waals surface area (Å²) >= 11 is 1.70. The first-order valence-electron chi connectivity index (χ1n) is 11.3. The number of hydrogen-bond donors (Lipinski definition) is 0. The van der Waals surface area contributed by atoms with Crippen molar-refractivity contribution in [1.82, 2.24) is 4.98 Å². The van der Waals surface area contributed by atoms with Crippen molar-refractivity contribution in [2.24, 2.45) is 11.8 Å². The number of rotatable bonds is 9. The van der Waals surface area contributed by atoms with Crippen molar-refractivity contribution in [1.29, 1.82) is 0 Å². The molecule has 5 nitrogen and oxygen atoms in total. The normalized spacial score (nSPS) is 16.9. The molecule has 0 aliphatic carbocycles. The number of ether oxygens (including phenoxy) is 3. The second-order valence-corrected chi connectivity index (χ2v) is 9.77. The molecule has 0 radical (unpaired) electrons. The number of aryl methyl sites for hydroxylation is 2. The maximum atomic E-state index is 12.1. The zero-order valence-electron chi connectivity index (χ0n) is 19.2. The number of benzene rings is 1. The van der Waals surface area contributed by atoms with Crippen molar-refractivity contribution < 1.29 is 19.0 Å². The molecular weight excluding hydrogens is 410 g/mol. The first kappa shape index (κ1) is 23.7. The van der Waals surface area contributed by atoms with E-state index in [1.807, 2.05) is 33.8 Å². The Morgan fingerprint density at radius 3 is 2.90 bits per heavy atom. The van der Waals surface area contributed by atoms with Crippen LogP contribution in [0.15, 0.2) is 17.5 Å². The van der Waals surface area contributed by atoms with Crippen molar-refractivity contribution in [3.05, 3.63) is 33.6 Å². The summed E-state index contributed by atoms with van der Waals surface area (Å²) < 4.78 is 16.8. The fourth-order valence-corrected chi connectivity index (χ4v) is 4.56. The molecule has 0 spiro atoms. The van der Waals surface area contributed by atoms with E-state index in [1.165, 1.54) is 6.42 Å². The minimum atomic E-state index is -0.341. The summed E-state index contributed by atoms with van der Waals surface area (Å²) in [5.74, 6) is 1.41. The number of carbonyl (C=O) groups excluding carboxylic acids is 1. The van der Waals surface area contributed by atoms with Gasteiger partial charge in [0.05, 0.1) is 17.3 Å². The average molecular weight is 446 g/mol. The highest BCUT2D eigenvalue weighted by molar-refractivity contribution is 7.09. The van der Waals surface area contributed by atoms with Gasteiger partial charge in [0.2, 0.25) is 0 Å². The van der Waals surface area contributed by atoms with E-state index in [4.69, 9.17) is 19.2 Å². The molecule has 0 saturated carbocycles. The van der Waals surface area contributed by atoms with E-state index in [0.717, 1.165) is 78.0 Å². The van der Waals surface area contributed by atoms with Crippen LogP contribution in [0.2, 0.25) is 0 Å². The zero-order chi connectivity index (χ0) is 22.2. The van der Waals surface area contributed by atoms with Crippen molar-refractivity contribution in [3.63, 3.8) is 0 Å². The standard InChI is InChI=1S/C25H35NO4S/c1-17(2)14-29-24(27)15-30-25-19(4)18(3)7-9-21(25)22-16-31-23(26-22)10-8-20-6-5-12-28-13-11-20/h7,9,16-17,20H,5-6,8,10-15H2,1-4H3. The largest absolute Gasteiger partial charge is 0.481 e. The van der Waals surface area contributed by atoms with Gasteiger partial charge in [0.25, 0.3) is 0 Å². The van der Waals surface area contributed by atoms with E-state index in [1.54, 1.807) is 11.3 Å². The number of nitrogens with zero attached hydrogens (tertiary/aromatic N) is 1. The lowest BCUT2D eigenvalue weighted by Crippen LogP contribution is -2.18. The summed E-state index contributed by atoms with van der Waals surface area (Å²) in [4.78, 5) is 17.0. The highest BCUT2D eigenvalue weighted by atomic mass is 32.1. The third kappa shape index (κ3) is 7.04. The Hall–Kier alpha value is -1.92. The van der Waals surface area contributed by atoms with Crippen molar-refractivity contribution in [2.75, 3.05) is 26.4 Å². The fourth-order valence-electron chi connectivity index (χ4n) is 3.75. The molecule has 1 saturated heterocycles. The molecule has 1 atom stereocenters. The average Bonchev–Trinajstić information content (AvgIpc) is 3.06. The number of esters is 1. The molecule has 31 heavy (non-hydrogen) atoms. The molecule has 0 N–H and O–H groups in total. The Labute approximate surface area is 190 Å². The van der Waals surface area contributed by atoms with Crippen LogP contribution >= 0.6 is 11.3 Å². The Kier molecular flexibility index (Phi) is 8.90. The lowest BCUT2D eigenvalue weighted by Gasteiger charge is -2.15. The SMILES string of the molecule is Cc1ccc(-c2csc(CCC3CCCOCC3)n2)c(OCC(=O)OCC(C)C)c1C. The van der Waals surface area contributed by atoms with Gasteiger partial charge in [-0.25, -0.2) is 9.78 Å². The second-order valence-electron chi connectivity index (χ2n) is 8.82. The molecule has 1 aliphatic rings. The van der Waals surface area contributed by atoms with Gasteiger partial charge in [-0.05, 0) is 75.0 Å². The van der Waals surface area contributed by atoms with Gasteiger partial charge < -0.3 is 14.2 Å². The lowest BCUT2D eigenvalue weighted by atomic mass is 9.95. The monoisotopic (exact) mass is 445 g/mol. The van der Waals surface area contributed by atoms with E-state index in [9.17, 15) is 4.79 Å². The smallest absolute Gasteiger partial charge is 0.344 e. The molecule has 1 aromatic heterocycles. The predicted molar refractivity (Wildman–Crippen MR) is 125 cm³/mol. The maximum absolute atomic E-state index is 12.1. The molecule has 2 heterocycles. The van der Waals surface area contributed by atoms with Gasteiger partial charge in [0.15, 0.2) is 6.61 Å². The second kappa shape index (κ2) is 11.6. The summed E-state index contributed by atoms with van der Waals surface area (Å²) in [6.07, 6.45) is 5.73. The summed E-state index contributed by atoms with van der Waals surface area (Å²) in [7, 11) is 0. The van der Waals surface area contributed by atoms with Crippen LogP contribution in [0.3, 0.4) is 0 Å². The topological polar surface area (TPSA) is 57.7 Å². The van der Waals surface area contributed by atoms with Crippen molar-refractivity contribution >= 4 is 17.3 Å². The molecule has 1 aliphatic heterocycles. The van der Waals surface area contributed by atoms with E-state index in [2.05, 4.69) is 11.4 Å². The van der Waals surface area contributed by atoms with Crippen molar-refractivity contribution in [2.45, 2.75) is 59.8 Å². The minimum Gasteiger partial charge on any atom is -0.481 e. The van der Waals surface area contributed by atoms with Crippen molar-refractivity contribution in [3.8, 4) is 17.0 Å². The number of thiazole rings is 1. The Morgan fingerprint density at radius 2 is 2.10 bits per heavy atom. The zero-order valence-corrected chi connectivity index (χ0v) is 20.1. The van der Waals surface area contributed by atoms with Crippen LogP contribution in [0.25, 0.3) is 11.3 Å². The van der Waals surface area contributed by atoms with Crippen LogP contribution in [0.1, 0.15) is 55.7 Å². The molecule has 1 fully saturated rings. The highest BCUT2D eigenvalue weighted by Gasteiger charge is 2.18. The van der Waals surface area contributed by atoms with Gasteiger partial charge in [0, 0.05) is 24.2 Å². The molecule has 0 amide bonds. The van der Waals surface area contributed by atoms with Gasteiger partial charge in [-0.2, -0.15) is 0 Å². The Bertz CT molecular complexity index is 853. The van der Waals surface area contributed by atoms with Crippen LogP contribution in [0.5, 0.6) is 5.75 Å². The number of carbonyl (C=O) groups is 1. The first-order valence-corrected chi connectivity index (χ1v) is 12.2. The third-order valence-electron chi connectivity index (χ3n) is 5.75. The van der Waals surface area contributed by atoms with Crippen LogP contribution < -0.4 is 4.74 Å². The molecule has 0 bridgehead atoms. The fraction of sp³-hybridized carbons (Fsp3) is 0.600. The van der Waals surface area contributed by atoms with Crippen LogP contribution in [-0.4, -0.2) is 37.4 Å². The van der Waals surface area contributed by atoms with E-state index in [-0.39, 0.29) is 12.6 Å². The summed E-state index contributed by atoms with van der Waals surface area (Å²) in [5.41, 5.74) is 4.01. The molecule has 1 unspecified atom stereocenters. The van der Waals surface area contributed by atoms with Crippen LogP contribution in [-0.2, 0) is 20.7 Å². The van der Waals surface area contributed by atoms with Crippen LogP contribution in [0, 0.1) is 25.7 Å². The Balaban J connectivity index is 1.67. The van der Waals surface area contributed by atoms with Gasteiger partial charge in [-0.15, -0.1) is 11.3 Å². The van der Waals surface area contributed by atoms with E-state index >= 15 is 0 Å². The summed E-state index contributed by atoms with van der Waals surface area (Å²) in [6.45, 7) is 10.2. The minimum absolute atomic E-state index is 0.0925. The highest BCUT2D eigenvalue weighted by Crippen LogP contribution is 2.36. The number of aromatic nitrogens is 1. The molecule has 1 aromatic carbocycles. The quantitative estimate of drug-likeness (QED) is 0.460. The molecule has 170 valence electrons. The third-order valence-corrected chi connectivity index (χ3v) is 6.66. The maximum Gasteiger partial charge on any atom is 0.344 e. The number of hydrogen-bond acceptors (Lipinski definition) is 6. The van der Waals surface area contributed by atoms with Gasteiger partial charge in [-0.1, -0.05) is 19.9 Å². The first-order chi connectivity index (χ1) is 14.9. The molecule has 2 aromatic rings. The lowest BCUT2D eigenvalue weighted by molar-refractivity contribution is -0.147. The van der Waals surface area contributed by atoms with Crippen LogP contribution in [0.4, 0.5) is 0 Å². The summed E-state index contributed by atoms with van der Waals surface area (Å²) in [6, 6.07) is 4.12. The van der Waals surface area contributed by atoms with Gasteiger partial charge >= 0.3 is 5.97 Å². The summed E-state index contributed by atoms with van der Waals surface area (Å²) in [5, 5.41) is 3.25. The molecular formula is C25H35NO4S. The molecule has 6 heteroatoms. The van der Waals surface area contributed by atoms with Gasteiger partial charge in [-0.3, -0.25) is 0 Å². The van der Waals surface area contributed by atoms with E-state index in [0.29, 0.717) is 12.5 Å². The van der Waals surface area contributed by atoms with E-state index < -0.39 is 0 Å². The predicted octanol–water partition coefficient (Wildman–Crippen LogP) is 5.75. The molecule has 3 rings (SSSR count). The van der Waals surface area contributed by atoms with Gasteiger partial charge in [0.1, 0.15) is 5.75 Å².